The van der Waals surface area contributed by atoms with Crippen LogP contribution in [0.4, 0.5) is 19.0 Å². The number of piperidine rings is 1. The molecular formula is C18H20ClF3N4. The van der Waals surface area contributed by atoms with Crippen LogP contribution in [0.15, 0.2) is 24.3 Å². The topological polar surface area (TPSA) is 41.0 Å². The highest BCUT2D eigenvalue weighted by molar-refractivity contribution is 6.31. The number of nitrogens with zero attached hydrogens (tertiary/aromatic N) is 3. The first-order valence-corrected chi connectivity index (χ1v) is 8.78. The van der Waals surface area contributed by atoms with E-state index in [1.807, 2.05) is 13.0 Å². The Bertz CT molecular complexity index is 794. The molecule has 1 atom stereocenters. The SMILES string of the molecule is Cc1cc(N[C@@H]2CCCN(C)C2)nnc1-c1ccc(C(F)(F)F)c(Cl)c1. The normalized spacial score (nSPS) is 18.8. The van der Waals surface area contributed by atoms with Crippen molar-refractivity contribution < 1.29 is 13.2 Å². The lowest BCUT2D eigenvalue weighted by molar-refractivity contribution is -0.137. The predicted octanol–water partition coefficient (Wildman–Crippen LogP) is 4.63. The smallest absolute Gasteiger partial charge is 0.365 e. The second kappa shape index (κ2) is 7.40. The number of aromatic nitrogens is 2. The number of nitrogens with one attached hydrogen (secondary N) is 1. The average molecular weight is 385 g/mol. The largest absolute Gasteiger partial charge is 0.417 e. The minimum absolute atomic E-state index is 0.314. The van der Waals surface area contributed by atoms with Crippen LogP contribution in [-0.4, -0.2) is 41.3 Å². The van der Waals surface area contributed by atoms with Crippen molar-refractivity contribution in [1.29, 1.82) is 0 Å². The minimum Gasteiger partial charge on any atom is -0.365 e. The van der Waals surface area contributed by atoms with Crippen LogP contribution in [-0.2, 0) is 6.18 Å². The van der Waals surface area contributed by atoms with Crippen molar-refractivity contribution in [3.05, 3.63) is 40.4 Å². The standard InChI is InChI=1S/C18H20ClF3N4/c1-11-8-16(23-13-4-3-7-26(2)10-13)24-25-17(11)12-5-6-14(15(19)9-12)18(20,21)22/h5-6,8-9,13H,3-4,7,10H2,1-2H3,(H,23,24)/t13-/m1/s1. The monoisotopic (exact) mass is 384 g/mol. The fourth-order valence-electron chi connectivity index (χ4n) is 3.23. The third-order valence-electron chi connectivity index (χ3n) is 4.51. The summed E-state index contributed by atoms with van der Waals surface area (Å²) in [5.41, 5.74) is 1.000. The summed E-state index contributed by atoms with van der Waals surface area (Å²) < 4.78 is 38.5. The molecule has 8 heteroatoms. The number of likely N-dealkylation sites (N-methyl/N-ethyl adjacent to an activating group) is 1. The van der Waals surface area contributed by atoms with Crippen molar-refractivity contribution in [1.82, 2.24) is 15.1 Å². The summed E-state index contributed by atoms with van der Waals surface area (Å²) in [6, 6.07) is 5.80. The zero-order chi connectivity index (χ0) is 18.9. The van der Waals surface area contributed by atoms with Gasteiger partial charge < -0.3 is 10.2 Å². The number of likely N-dealkylation sites (tertiary alicyclic amines) is 1. The molecule has 0 bridgehead atoms. The van der Waals surface area contributed by atoms with Crippen LogP contribution in [0.5, 0.6) is 0 Å². The first-order chi connectivity index (χ1) is 12.2. The average Bonchev–Trinajstić information content (AvgIpc) is 2.53. The van der Waals surface area contributed by atoms with E-state index in [1.165, 1.54) is 12.1 Å². The summed E-state index contributed by atoms with van der Waals surface area (Å²) in [4.78, 5) is 2.26. The first kappa shape index (κ1) is 18.9. The number of halogens is 4. The molecule has 26 heavy (non-hydrogen) atoms. The Morgan fingerprint density at radius 3 is 2.62 bits per heavy atom. The molecule has 0 saturated carbocycles. The van der Waals surface area contributed by atoms with Crippen LogP contribution in [0.25, 0.3) is 11.3 Å². The quantitative estimate of drug-likeness (QED) is 0.837. The van der Waals surface area contributed by atoms with E-state index in [0.717, 1.165) is 37.6 Å². The van der Waals surface area contributed by atoms with Gasteiger partial charge >= 0.3 is 6.18 Å². The Kier molecular flexibility index (Phi) is 5.39. The number of rotatable bonds is 3. The van der Waals surface area contributed by atoms with Crippen LogP contribution < -0.4 is 5.32 Å². The van der Waals surface area contributed by atoms with Gasteiger partial charge in [-0.15, -0.1) is 10.2 Å². The fraction of sp³-hybridized carbons (Fsp3) is 0.444. The second-order valence-electron chi connectivity index (χ2n) is 6.70. The molecule has 0 aliphatic carbocycles. The summed E-state index contributed by atoms with van der Waals surface area (Å²) in [7, 11) is 2.09. The van der Waals surface area contributed by atoms with Gasteiger partial charge in [0, 0.05) is 18.2 Å². The van der Waals surface area contributed by atoms with Gasteiger partial charge in [0.25, 0.3) is 0 Å². The van der Waals surface area contributed by atoms with Gasteiger partial charge in [0.15, 0.2) is 0 Å². The van der Waals surface area contributed by atoms with Gasteiger partial charge in [0.2, 0.25) is 0 Å². The molecule has 4 nitrogen and oxygen atoms in total. The number of aryl methyl sites for hydroxylation is 1. The van der Waals surface area contributed by atoms with E-state index in [0.29, 0.717) is 23.1 Å². The number of anilines is 1. The highest BCUT2D eigenvalue weighted by atomic mass is 35.5. The molecule has 2 aromatic rings. The second-order valence-corrected chi connectivity index (χ2v) is 7.11. The van der Waals surface area contributed by atoms with E-state index in [9.17, 15) is 13.2 Å². The van der Waals surface area contributed by atoms with Crippen molar-refractivity contribution in [2.24, 2.45) is 0 Å². The van der Waals surface area contributed by atoms with E-state index in [-0.39, 0.29) is 5.02 Å². The summed E-state index contributed by atoms with van der Waals surface area (Å²) in [6.07, 6.45) is -2.28. The number of hydrogen-bond donors (Lipinski definition) is 1. The molecular weight excluding hydrogens is 365 g/mol. The Labute approximate surface area is 155 Å². The number of benzene rings is 1. The molecule has 1 N–H and O–H groups in total. The minimum atomic E-state index is -4.47. The summed E-state index contributed by atoms with van der Waals surface area (Å²) in [5.74, 6) is 0.671. The Morgan fingerprint density at radius 1 is 1.23 bits per heavy atom. The van der Waals surface area contributed by atoms with Gasteiger partial charge in [-0.1, -0.05) is 17.7 Å². The lowest BCUT2D eigenvalue weighted by Crippen LogP contribution is -2.39. The lowest BCUT2D eigenvalue weighted by Gasteiger charge is -2.30. The molecule has 3 rings (SSSR count). The molecule has 1 fully saturated rings. The molecule has 1 aromatic heterocycles. The molecule has 1 aliphatic heterocycles. The van der Waals surface area contributed by atoms with Crippen molar-refractivity contribution >= 4 is 17.4 Å². The summed E-state index contributed by atoms with van der Waals surface area (Å²) >= 11 is 5.80. The highest BCUT2D eigenvalue weighted by Crippen LogP contribution is 2.37. The van der Waals surface area contributed by atoms with E-state index in [1.54, 1.807) is 0 Å². The zero-order valence-corrected chi connectivity index (χ0v) is 15.3. The Morgan fingerprint density at radius 2 is 2.00 bits per heavy atom. The first-order valence-electron chi connectivity index (χ1n) is 8.40. The summed E-state index contributed by atoms with van der Waals surface area (Å²) in [5, 5.41) is 11.4. The maximum atomic E-state index is 12.8. The van der Waals surface area contributed by atoms with Crippen LogP contribution in [0, 0.1) is 6.92 Å². The van der Waals surface area contributed by atoms with E-state index < -0.39 is 11.7 Å². The van der Waals surface area contributed by atoms with Gasteiger partial charge in [-0.25, -0.2) is 0 Å². The molecule has 0 spiro atoms. The van der Waals surface area contributed by atoms with Crippen molar-refractivity contribution in [3.8, 4) is 11.3 Å². The van der Waals surface area contributed by atoms with E-state index in [4.69, 9.17) is 11.6 Å². The van der Waals surface area contributed by atoms with E-state index >= 15 is 0 Å². The Hall–Kier alpha value is -1.86. The molecule has 1 aliphatic rings. The maximum absolute atomic E-state index is 12.8. The highest BCUT2D eigenvalue weighted by Gasteiger charge is 2.33. The molecule has 0 radical (unpaired) electrons. The Balaban J connectivity index is 1.80. The van der Waals surface area contributed by atoms with Gasteiger partial charge in [0.1, 0.15) is 5.82 Å². The van der Waals surface area contributed by atoms with Crippen LogP contribution in [0.3, 0.4) is 0 Å². The molecule has 1 aromatic carbocycles. The van der Waals surface area contributed by atoms with Crippen LogP contribution >= 0.6 is 11.6 Å². The maximum Gasteiger partial charge on any atom is 0.417 e. The third-order valence-corrected chi connectivity index (χ3v) is 4.82. The molecule has 1 saturated heterocycles. The number of hydrogen-bond acceptors (Lipinski definition) is 4. The zero-order valence-electron chi connectivity index (χ0n) is 14.6. The third kappa shape index (κ3) is 4.27. The molecule has 0 amide bonds. The van der Waals surface area contributed by atoms with Gasteiger partial charge in [-0.05, 0) is 57.1 Å². The van der Waals surface area contributed by atoms with Gasteiger partial charge in [-0.3, -0.25) is 0 Å². The van der Waals surface area contributed by atoms with Gasteiger partial charge in [0.05, 0.1) is 16.3 Å². The van der Waals surface area contributed by atoms with Crippen molar-refractivity contribution in [2.45, 2.75) is 32.0 Å². The molecule has 0 unspecified atom stereocenters. The molecule has 2 heterocycles. The van der Waals surface area contributed by atoms with E-state index in [2.05, 4.69) is 27.5 Å². The van der Waals surface area contributed by atoms with Crippen molar-refractivity contribution in [3.63, 3.8) is 0 Å². The summed E-state index contributed by atoms with van der Waals surface area (Å²) in [6.45, 7) is 3.89. The molecule has 140 valence electrons. The fourth-order valence-corrected chi connectivity index (χ4v) is 3.51. The van der Waals surface area contributed by atoms with Crippen molar-refractivity contribution in [2.75, 3.05) is 25.5 Å². The van der Waals surface area contributed by atoms with Gasteiger partial charge in [-0.2, -0.15) is 13.2 Å². The number of alkyl halides is 3. The predicted molar refractivity (Wildman–Crippen MR) is 96.4 cm³/mol. The van der Waals surface area contributed by atoms with Crippen LogP contribution in [0.2, 0.25) is 5.02 Å². The lowest BCUT2D eigenvalue weighted by atomic mass is 10.0. The van der Waals surface area contributed by atoms with Crippen LogP contribution in [0.1, 0.15) is 24.0 Å².